The number of benzene rings is 1. The van der Waals surface area contributed by atoms with E-state index in [2.05, 4.69) is 15.3 Å². The highest BCUT2D eigenvalue weighted by atomic mass is 19.1. The molecule has 0 bridgehead atoms. The molecule has 2 N–H and O–H groups in total. The lowest BCUT2D eigenvalue weighted by Gasteiger charge is -2.09. The van der Waals surface area contributed by atoms with E-state index in [0.29, 0.717) is 0 Å². The van der Waals surface area contributed by atoms with E-state index >= 15 is 0 Å². The quantitative estimate of drug-likeness (QED) is 0.872. The van der Waals surface area contributed by atoms with Gasteiger partial charge < -0.3 is 10.4 Å². The summed E-state index contributed by atoms with van der Waals surface area (Å²) < 4.78 is 13.0. The Morgan fingerprint density at radius 3 is 2.95 bits per heavy atom. The van der Waals surface area contributed by atoms with E-state index in [9.17, 15) is 9.18 Å². The number of hydrogen-bond donors (Lipinski definition) is 2. The van der Waals surface area contributed by atoms with Crippen LogP contribution in [-0.4, -0.2) is 21.0 Å². The number of halogens is 1. The normalized spacial score (nSPS) is 9.68. The molecule has 1 aromatic carbocycles. The van der Waals surface area contributed by atoms with Gasteiger partial charge in [0.25, 0.3) is 0 Å². The monoisotopic (exact) mass is 258 g/mol. The fourth-order valence-electron chi connectivity index (χ4n) is 1.43. The number of nitrogens with one attached hydrogen (secondary N) is 1. The minimum Gasteiger partial charge on any atom is -0.477 e. The summed E-state index contributed by atoms with van der Waals surface area (Å²) in [5.74, 6) is -1.72. The van der Waals surface area contributed by atoms with Gasteiger partial charge in [0.1, 0.15) is 29.6 Å². The smallest absolute Gasteiger partial charge is 0.341 e. The number of aromatic nitrogens is 2. The fraction of sp³-hybridized carbons (Fsp3) is 0. The van der Waals surface area contributed by atoms with E-state index in [-0.39, 0.29) is 22.6 Å². The second-order valence-corrected chi connectivity index (χ2v) is 3.52. The molecule has 6 nitrogen and oxygen atoms in total. The van der Waals surface area contributed by atoms with E-state index in [1.54, 1.807) is 0 Å². The Morgan fingerprint density at radius 2 is 2.26 bits per heavy atom. The van der Waals surface area contributed by atoms with Gasteiger partial charge >= 0.3 is 5.97 Å². The number of rotatable bonds is 3. The molecule has 7 heteroatoms. The molecule has 94 valence electrons. The maximum Gasteiger partial charge on any atom is 0.341 e. The summed E-state index contributed by atoms with van der Waals surface area (Å²) in [6.45, 7) is 0. The first-order valence-corrected chi connectivity index (χ1v) is 5.12. The molecule has 1 heterocycles. The molecule has 0 saturated heterocycles. The van der Waals surface area contributed by atoms with Gasteiger partial charge in [-0.1, -0.05) is 0 Å². The van der Waals surface area contributed by atoms with Gasteiger partial charge in [-0.05, 0) is 18.2 Å². The fourth-order valence-corrected chi connectivity index (χ4v) is 1.43. The summed E-state index contributed by atoms with van der Waals surface area (Å²) in [6.07, 6.45) is 2.30. The molecule has 2 rings (SSSR count). The first-order chi connectivity index (χ1) is 9.11. The Morgan fingerprint density at radius 1 is 1.47 bits per heavy atom. The highest BCUT2D eigenvalue weighted by molar-refractivity contribution is 5.93. The largest absolute Gasteiger partial charge is 0.477 e. The molecule has 0 radical (unpaired) electrons. The zero-order valence-electron chi connectivity index (χ0n) is 9.46. The minimum absolute atomic E-state index is 0.0330. The molecular weight excluding hydrogens is 251 g/mol. The van der Waals surface area contributed by atoms with E-state index in [0.717, 1.165) is 18.3 Å². The SMILES string of the molecule is N#Cc1cc(F)ccc1Nc1ncncc1C(=O)O. The van der Waals surface area contributed by atoms with Gasteiger partial charge in [0, 0.05) is 6.20 Å². The molecule has 0 unspecified atom stereocenters. The number of carbonyl (C=O) groups is 1. The van der Waals surface area contributed by atoms with Crippen LogP contribution in [0, 0.1) is 17.1 Å². The molecular formula is C12H7FN4O2. The van der Waals surface area contributed by atoms with Gasteiger partial charge in [0.2, 0.25) is 0 Å². The van der Waals surface area contributed by atoms with Crippen molar-refractivity contribution in [3.8, 4) is 6.07 Å². The number of anilines is 2. The molecule has 0 aliphatic rings. The maximum atomic E-state index is 13.0. The Kier molecular flexibility index (Phi) is 3.34. The summed E-state index contributed by atoms with van der Waals surface area (Å²) in [4.78, 5) is 18.4. The van der Waals surface area contributed by atoms with Crippen molar-refractivity contribution in [2.24, 2.45) is 0 Å². The van der Waals surface area contributed by atoms with Crippen molar-refractivity contribution in [3.63, 3.8) is 0 Å². The Labute approximate surface area is 107 Å². The predicted molar refractivity (Wildman–Crippen MR) is 63.4 cm³/mol. The number of nitriles is 1. The predicted octanol–water partition coefficient (Wildman–Crippen LogP) is 1.93. The molecule has 1 aromatic heterocycles. The third kappa shape index (κ3) is 2.63. The Balaban J connectivity index is 2.43. The van der Waals surface area contributed by atoms with Crippen LogP contribution in [0.15, 0.2) is 30.7 Å². The Bertz CT molecular complexity index is 682. The summed E-state index contributed by atoms with van der Waals surface area (Å²) >= 11 is 0. The first-order valence-electron chi connectivity index (χ1n) is 5.12. The second kappa shape index (κ2) is 5.10. The highest BCUT2D eigenvalue weighted by Crippen LogP contribution is 2.22. The summed E-state index contributed by atoms with van der Waals surface area (Å²) in [5.41, 5.74) is 0.177. The lowest BCUT2D eigenvalue weighted by molar-refractivity contribution is 0.0697. The van der Waals surface area contributed by atoms with Gasteiger partial charge in [-0.15, -0.1) is 0 Å². The van der Waals surface area contributed by atoms with Crippen molar-refractivity contribution in [1.82, 2.24) is 9.97 Å². The number of carboxylic acid groups (broad SMARTS) is 1. The zero-order chi connectivity index (χ0) is 13.8. The van der Waals surface area contributed by atoms with Gasteiger partial charge in [0.05, 0.1) is 11.3 Å². The first kappa shape index (κ1) is 12.4. The molecule has 0 amide bonds. The number of aromatic carboxylic acids is 1. The van der Waals surface area contributed by atoms with E-state index in [1.165, 1.54) is 12.4 Å². The molecule has 0 atom stereocenters. The van der Waals surface area contributed by atoms with Crippen molar-refractivity contribution in [2.75, 3.05) is 5.32 Å². The minimum atomic E-state index is -1.20. The lowest BCUT2D eigenvalue weighted by Crippen LogP contribution is -2.06. The maximum absolute atomic E-state index is 13.0. The third-order valence-corrected chi connectivity index (χ3v) is 2.30. The average Bonchev–Trinajstić information content (AvgIpc) is 2.41. The summed E-state index contributed by atoms with van der Waals surface area (Å²) in [7, 11) is 0. The molecule has 0 saturated carbocycles. The van der Waals surface area contributed by atoms with E-state index < -0.39 is 11.8 Å². The molecule has 0 spiro atoms. The van der Waals surface area contributed by atoms with Crippen LogP contribution in [-0.2, 0) is 0 Å². The van der Waals surface area contributed by atoms with Gasteiger partial charge in [-0.2, -0.15) is 5.26 Å². The average molecular weight is 258 g/mol. The van der Waals surface area contributed by atoms with Gasteiger partial charge in [-0.25, -0.2) is 19.2 Å². The topological polar surface area (TPSA) is 98.9 Å². The van der Waals surface area contributed by atoms with Crippen LogP contribution in [0.1, 0.15) is 15.9 Å². The van der Waals surface area contributed by atoms with Crippen LogP contribution in [0.25, 0.3) is 0 Å². The second-order valence-electron chi connectivity index (χ2n) is 3.52. The molecule has 0 aliphatic carbocycles. The van der Waals surface area contributed by atoms with Crippen LogP contribution in [0.3, 0.4) is 0 Å². The van der Waals surface area contributed by atoms with Crippen molar-refractivity contribution in [2.45, 2.75) is 0 Å². The number of carboxylic acids is 1. The van der Waals surface area contributed by atoms with Crippen molar-refractivity contribution < 1.29 is 14.3 Å². The Hall–Kier alpha value is -3.01. The van der Waals surface area contributed by atoms with Gasteiger partial charge in [0.15, 0.2) is 0 Å². The van der Waals surface area contributed by atoms with Crippen LogP contribution >= 0.6 is 0 Å². The van der Waals surface area contributed by atoms with Crippen LogP contribution in [0.2, 0.25) is 0 Å². The summed E-state index contributed by atoms with van der Waals surface area (Å²) in [6, 6.07) is 5.35. The summed E-state index contributed by atoms with van der Waals surface area (Å²) in [5, 5.41) is 20.5. The molecule has 0 aliphatic heterocycles. The van der Waals surface area contributed by atoms with Crippen LogP contribution < -0.4 is 5.32 Å². The van der Waals surface area contributed by atoms with Gasteiger partial charge in [-0.3, -0.25) is 0 Å². The zero-order valence-corrected chi connectivity index (χ0v) is 9.46. The molecule has 2 aromatic rings. The standard InChI is InChI=1S/C12H7FN4O2/c13-8-1-2-10(7(3-8)4-14)17-11-9(12(18)19)5-15-6-16-11/h1-3,5-6H,(H,18,19)(H,15,16,17). The van der Waals surface area contributed by atoms with Crippen molar-refractivity contribution in [1.29, 1.82) is 5.26 Å². The number of hydrogen-bond acceptors (Lipinski definition) is 5. The van der Waals surface area contributed by atoms with Crippen LogP contribution in [0.4, 0.5) is 15.9 Å². The van der Waals surface area contributed by atoms with E-state index in [4.69, 9.17) is 10.4 Å². The van der Waals surface area contributed by atoms with Crippen molar-refractivity contribution >= 4 is 17.5 Å². The number of nitrogens with zero attached hydrogens (tertiary/aromatic N) is 3. The third-order valence-electron chi connectivity index (χ3n) is 2.30. The van der Waals surface area contributed by atoms with Crippen LogP contribution in [0.5, 0.6) is 0 Å². The molecule has 0 fully saturated rings. The molecule has 19 heavy (non-hydrogen) atoms. The van der Waals surface area contributed by atoms with Crippen molar-refractivity contribution in [3.05, 3.63) is 47.7 Å². The van der Waals surface area contributed by atoms with E-state index in [1.807, 2.05) is 6.07 Å². The highest BCUT2D eigenvalue weighted by Gasteiger charge is 2.13. The lowest BCUT2D eigenvalue weighted by atomic mass is 10.2.